The molecule has 0 fully saturated rings. The van der Waals surface area contributed by atoms with E-state index < -0.39 is 5.63 Å². The molecule has 1 aliphatic rings. The highest BCUT2D eigenvalue weighted by Crippen LogP contribution is 2.40. The molecule has 1 atom stereocenters. The van der Waals surface area contributed by atoms with Gasteiger partial charge in [0.05, 0.1) is 12.5 Å². The number of para-hydroxylation sites is 1. The number of rotatable bonds is 2. The van der Waals surface area contributed by atoms with Crippen LogP contribution in [0.2, 0.25) is 5.15 Å². The third-order valence-electron chi connectivity index (χ3n) is 5.30. The molecule has 142 valence electrons. The molecule has 1 unspecified atom stereocenters. The van der Waals surface area contributed by atoms with E-state index >= 15 is 0 Å². The Balaban J connectivity index is 1.71. The van der Waals surface area contributed by atoms with Crippen LogP contribution in [0.15, 0.2) is 33.5 Å². The lowest BCUT2D eigenvalue weighted by Gasteiger charge is -2.17. The van der Waals surface area contributed by atoms with Crippen molar-refractivity contribution in [2.24, 2.45) is 5.92 Å². The number of thiophene rings is 1. The fourth-order valence-corrected chi connectivity index (χ4v) is 5.58. The number of methoxy groups -OCH3 is 1. The molecule has 0 aliphatic heterocycles. The third kappa shape index (κ3) is 2.71. The predicted octanol–water partition coefficient (Wildman–Crippen LogP) is 5.25. The van der Waals surface area contributed by atoms with E-state index in [2.05, 4.69) is 16.9 Å². The van der Waals surface area contributed by atoms with Crippen LogP contribution in [-0.2, 0) is 12.8 Å². The lowest BCUT2D eigenvalue weighted by molar-refractivity contribution is 0.407. The summed E-state index contributed by atoms with van der Waals surface area (Å²) < 4.78 is 10.8. The standard InChI is InChI=1S/C21H17ClN2O3S/c1-10-6-7-12-15(8-10)28-20-16(12)18(22)23-19(24-20)13-9-11-4-3-5-14(26-2)17(11)27-21(13)25/h3-5,9-10H,6-8H2,1-2H3. The summed E-state index contributed by atoms with van der Waals surface area (Å²) in [5.74, 6) is 1.47. The normalized spacial score (nSPS) is 16.5. The molecule has 3 aromatic heterocycles. The first-order valence-electron chi connectivity index (χ1n) is 9.14. The van der Waals surface area contributed by atoms with Gasteiger partial charge in [-0.25, -0.2) is 14.8 Å². The smallest absolute Gasteiger partial charge is 0.347 e. The molecule has 28 heavy (non-hydrogen) atoms. The molecule has 0 N–H and O–H groups in total. The average Bonchev–Trinajstić information content (AvgIpc) is 3.04. The maximum absolute atomic E-state index is 12.6. The summed E-state index contributed by atoms with van der Waals surface area (Å²) in [4.78, 5) is 23.9. The van der Waals surface area contributed by atoms with Gasteiger partial charge >= 0.3 is 5.63 Å². The van der Waals surface area contributed by atoms with Crippen molar-refractivity contribution >= 4 is 44.1 Å². The molecule has 0 radical (unpaired) electrons. The van der Waals surface area contributed by atoms with Crippen LogP contribution in [0.1, 0.15) is 23.8 Å². The van der Waals surface area contributed by atoms with Gasteiger partial charge in [-0.2, -0.15) is 0 Å². The zero-order chi connectivity index (χ0) is 19.4. The number of ether oxygens (including phenoxy) is 1. The Hall–Kier alpha value is -2.44. The topological polar surface area (TPSA) is 65.2 Å². The van der Waals surface area contributed by atoms with E-state index in [9.17, 15) is 4.79 Å². The Bertz CT molecular complexity index is 1290. The van der Waals surface area contributed by atoms with Crippen molar-refractivity contribution in [3.8, 4) is 17.1 Å². The van der Waals surface area contributed by atoms with Gasteiger partial charge in [0.15, 0.2) is 17.2 Å². The molecule has 1 aliphatic carbocycles. The van der Waals surface area contributed by atoms with Gasteiger partial charge < -0.3 is 9.15 Å². The number of halogens is 1. The van der Waals surface area contributed by atoms with Gasteiger partial charge in [0.1, 0.15) is 15.5 Å². The minimum Gasteiger partial charge on any atom is -0.493 e. The second kappa shape index (κ2) is 6.57. The van der Waals surface area contributed by atoms with Gasteiger partial charge in [0.2, 0.25) is 0 Å². The van der Waals surface area contributed by atoms with E-state index in [1.165, 1.54) is 10.4 Å². The molecule has 1 aromatic carbocycles. The van der Waals surface area contributed by atoms with E-state index in [-0.39, 0.29) is 0 Å². The molecule has 0 amide bonds. The van der Waals surface area contributed by atoms with E-state index in [4.69, 9.17) is 20.8 Å². The molecule has 0 saturated carbocycles. The van der Waals surface area contributed by atoms with Crippen molar-refractivity contribution in [2.75, 3.05) is 7.11 Å². The highest BCUT2D eigenvalue weighted by atomic mass is 35.5. The minimum atomic E-state index is -0.512. The molecule has 5 rings (SSSR count). The Kier molecular flexibility index (Phi) is 4.14. The van der Waals surface area contributed by atoms with Gasteiger partial charge in [-0.15, -0.1) is 11.3 Å². The van der Waals surface area contributed by atoms with Crippen LogP contribution in [0.25, 0.3) is 32.6 Å². The number of aryl methyl sites for hydroxylation is 1. The molecule has 4 aromatic rings. The van der Waals surface area contributed by atoms with Crippen LogP contribution < -0.4 is 10.4 Å². The summed E-state index contributed by atoms with van der Waals surface area (Å²) in [6.45, 7) is 2.26. The number of aromatic nitrogens is 2. The highest BCUT2D eigenvalue weighted by molar-refractivity contribution is 7.19. The van der Waals surface area contributed by atoms with Crippen LogP contribution in [-0.4, -0.2) is 17.1 Å². The number of benzene rings is 1. The largest absolute Gasteiger partial charge is 0.493 e. The van der Waals surface area contributed by atoms with Crippen molar-refractivity contribution in [1.82, 2.24) is 9.97 Å². The fraction of sp³-hybridized carbons (Fsp3) is 0.286. The molecule has 3 heterocycles. The van der Waals surface area contributed by atoms with Gasteiger partial charge in [-0.1, -0.05) is 30.7 Å². The van der Waals surface area contributed by atoms with Crippen LogP contribution in [0.5, 0.6) is 5.75 Å². The van der Waals surface area contributed by atoms with Gasteiger partial charge in [0, 0.05) is 10.3 Å². The van der Waals surface area contributed by atoms with Gasteiger partial charge in [-0.05, 0) is 42.9 Å². The van der Waals surface area contributed by atoms with E-state index in [1.54, 1.807) is 30.6 Å². The summed E-state index contributed by atoms with van der Waals surface area (Å²) in [5.41, 5.74) is 1.46. The lowest BCUT2D eigenvalue weighted by Crippen LogP contribution is -2.09. The second-order valence-electron chi connectivity index (χ2n) is 7.20. The summed E-state index contributed by atoms with van der Waals surface area (Å²) in [5, 5.41) is 2.08. The summed E-state index contributed by atoms with van der Waals surface area (Å²) in [6.07, 6.45) is 3.18. The van der Waals surface area contributed by atoms with Gasteiger partial charge in [0.25, 0.3) is 0 Å². The third-order valence-corrected chi connectivity index (χ3v) is 6.72. The summed E-state index contributed by atoms with van der Waals surface area (Å²) in [6, 6.07) is 7.18. The first-order valence-corrected chi connectivity index (χ1v) is 10.3. The number of hydrogen-bond donors (Lipinski definition) is 0. The van der Waals surface area contributed by atoms with E-state index in [0.29, 0.717) is 33.8 Å². The molecule has 0 spiro atoms. The maximum Gasteiger partial charge on any atom is 0.347 e. The quantitative estimate of drug-likeness (QED) is 0.332. The van der Waals surface area contributed by atoms with Crippen LogP contribution in [0, 0.1) is 5.92 Å². The van der Waals surface area contributed by atoms with E-state index in [1.807, 2.05) is 12.1 Å². The molecular formula is C21H17ClN2O3S. The zero-order valence-electron chi connectivity index (χ0n) is 15.4. The summed E-state index contributed by atoms with van der Waals surface area (Å²) in [7, 11) is 1.54. The molecule has 5 nitrogen and oxygen atoms in total. The van der Waals surface area contributed by atoms with Crippen LogP contribution in [0.3, 0.4) is 0 Å². The average molecular weight is 413 g/mol. The van der Waals surface area contributed by atoms with Crippen molar-refractivity contribution < 1.29 is 9.15 Å². The maximum atomic E-state index is 12.6. The Labute approximate surface area is 169 Å². The van der Waals surface area contributed by atoms with Crippen molar-refractivity contribution in [3.05, 3.63) is 50.3 Å². The van der Waals surface area contributed by atoms with Crippen LogP contribution in [0.4, 0.5) is 0 Å². The first-order chi connectivity index (χ1) is 13.5. The highest BCUT2D eigenvalue weighted by Gasteiger charge is 2.24. The lowest BCUT2D eigenvalue weighted by atomic mass is 9.89. The molecule has 0 bridgehead atoms. The van der Waals surface area contributed by atoms with Crippen molar-refractivity contribution in [3.63, 3.8) is 0 Å². The van der Waals surface area contributed by atoms with Crippen LogP contribution >= 0.6 is 22.9 Å². The minimum absolute atomic E-state index is 0.294. The zero-order valence-corrected chi connectivity index (χ0v) is 17.0. The number of hydrogen-bond acceptors (Lipinski definition) is 6. The molecule has 7 heteroatoms. The van der Waals surface area contributed by atoms with Crippen molar-refractivity contribution in [2.45, 2.75) is 26.2 Å². The van der Waals surface area contributed by atoms with Gasteiger partial charge in [-0.3, -0.25) is 0 Å². The predicted molar refractivity (Wildman–Crippen MR) is 112 cm³/mol. The Morgan fingerprint density at radius 2 is 2.18 bits per heavy atom. The monoisotopic (exact) mass is 412 g/mol. The summed E-state index contributed by atoms with van der Waals surface area (Å²) >= 11 is 8.20. The molecule has 0 saturated heterocycles. The Morgan fingerprint density at radius 3 is 3.00 bits per heavy atom. The van der Waals surface area contributed by atoms with E-state index in [0.717, 1.165) is 34.9 Å². The SMILES string of the molecule is COc1cccc2cc(-c3nc(Cl)c4c5c(sc4n3)CC(C)CC5)c(=O)oc12. The number of nitrogens with zero attached hydrogens (tertiary/aromatic N) is 2. The molecular weight excluding hydrogens is 396 g/mol. The Morgan fingerprint density at radius 1 is 1.32 bits per heavy atom. The fourth-order valence-electron chi connectivity index (χ4n) is 3.85. The second-order valence-corrected chi connectivity index (χ2v) is 8.64. The van der Waals surface area contributed by atoms with Crippen molar-refractivity contribution in [1.29, 1.82) is 0 Å². The first kappa shape index (κ1) is 17.6. The number of fused-ring (bicyclic) bond motifs is 4.